The second-order valence-corrected chi connectivity index (χ2v) is 4.40. The lowest BCUT2D eigenvalue weighted by molar-refractivity contribution is -0.174. The number of ether oxygens (including phenoxy) is 2. The minimum atomic E-state index is -4.32. The number of alkyl halides is 3. The molecule has 0 aromatic heterocycles. The molecule has 118 valence electrons. The number of hydrogen-bond donors (Lipinski definition) is 2. The number of oxime groups is 1. The Kier molecular flexibility index (Phi) is 6.57. The maximum atomic E-state index is 11.8. The number of rotatable bonds is 7. The SMILES string of the molecule is N/C(=N/O)c1ccc(OCCCOCC(F)(F)F)cc1Cl. The number of hydrogen-bond acceptors (Lipinski definition) is 4. The highest BCUT2D eigenvalue weighted by molar-refractivity contribution is 6.34. The molecule has 0 radical (unpaired) electrons. The molecule has 21 heavy (non-hydrogen) atoms. The van der Waals surface area contributed by atoms with Crippen LogP contribution in [0.4, 0.5) is 13.2 Å². The summed E-state index contributed by atoms with van der Waals surface area (Å²) >= 11 is 5.91. The van der Waals surface area contributed by atoms with Gasteiger partial charge in [-0.25, -0.2) is 0 Å². The van der Waals surface area contributed by atoms with E-state index in [1.807, 2.05) is 0 Å². The van der Waals surface area contributed by atoms with Crippen LogP contribution >= 0.6 is 11.6 Å². The largest absolute Gasteiger partial charge is 0.493 e. The molecule has 3 N–H and O–H groups in total. The lowest BCUT2D eigenvalue weighted by Gasteiger charge is -2.10. The van der Waals surface area contributed by atoms with Gasteiger partial charge in [0.15, 0.2) is 5.84 Å². The summed E-state index contributed by atoms with van der Waals surface area (Å²) in [5, 5.41) is 11.6. The fourth-order valence-electron chi connectivity index (χ4n) is 1.39. The first-order chi connectivity index (χ1) is 9.83. The van der Waals surface area contributed by atoms with Crippen LogP contribution in [0, 0.1) is 0 Å². The third kappa shape index (κ3) is 6.54. The number of nitrogens with two attached hydrogens (primary N) is 1. The Morgan fingerprint density at radius 1 is 1.33 bits per heavy atom. The number of amidine groups is 1. The van der Waals surface area contributed by atoms with Gasteiger partial charge in [-0.1, -0.05) is 16.8 Å². The van der Waals surface area contributed by atoms with Crippen LogP contribution < -0.4 is 10.5 Å². The van der Waals surface area contributed by atoms with E-state index in [9.17, 15) is 13.2 Å². The Labute approximate surface area is 124 Å². The summed E-state index contributed by atoms with van der Waals surface area (Å²) in [7, 11) is 0. The van der Waals surface area contributed by atoms with Crippen molar-refractivity contribution < 1.29 is 27.9 Å². The van der Waals surface area contributed by atoms with Crippen molar-refractivity contribution in [3.8, 4) is 5.75 Å². The molecule has 0 bridgehead atoms. The molecule has 0 unspecified atom stereocenters. The second kappa shape index (κ2) is 7.94. The quantitative estimate of drug-likeness (QED) is 0.265. The molecule has 0 aliphatic carbocycles. The van der Waals surface area contributed by atoms with Crippen LogP contribution in [0.15, 0.2) is 23.4 Å². The van der Waals surface area contributed by atoms with E-state index in [2.05, 4.69) is 9.89 Å². The molecule has 5 nitrogen and oxygen atoms in total. The minimum Gasteiger partial charge on any atom is -0.493 e. The Morgan fingerprint density at radius 2 is 2.05 bits per heavy atom. The summed E-state index contributed by atoms with van der Waals surface area (Å²) in [5.74, 6) is 0.289. The molecule has 1 rings (SSSR count). The number of benzene rings is 1. The molecular formula is C12H14ClF3N2O3. The average molecular weight is 327 g/mol. The van der Waals surface area contributed by atoms with E-state index in [1.54, 1.807) is 6.07 Å². The summed E-state index contributed by atoms with van der Waals surface area (Å²) in [4.78, 5) is 0. The summed E-state index contributed by atoms with van der Waals surface area (Å²) < 4.78 is 45.1. The van der Waals surface area contributed by atoms with Crippen LogP contribution in [0.5, 0.6) is 5.75 Å². The maximum absolute atomic E-state index is 11.8. The lowest BCUT2D eigenvalue weighted by Crippen LogP contribution is -2.18. The molecule has 1 aromatic carbocycles. The van der Waals surface area contributed by atoms with Gasteiger partial charge in [-0.15, -0.1) is 0 Å². The smallest absolute Gasteiger partial charge is 0.411 e. The fraction of sp³-hybridized carbons (Fsp3) is 0.417. The van der Waals surface area contributed by atoms with Gasteiger partial charge in [0.2, 0.25) is 0 Å². The van der Waals surface area contributed by atoms with E-state index < -0.39 is 12.8 Å². The van der Waals surface area contributed by atoms with Crippen molar-refractivity contribution >= 4 is 17.4 Å². The normalized spacial score (nSPS) is 12.5. The highest BCUT2D eigenvalue weighted by Crippen LogP contribution is 2.22. The van der Waals surface area contributed by atoms with Gasteiger partial charge in [-0.3, -0.25) is 0 Å². The van der Waals surface area contributed by atoms with Gasteiger partial charge < -0.3 is 20.4 Å². The van der Waals surface area contributed by atoms with Crippen molar-refractivity contribution in [2.24, 2.45) is 10.9 Å². The Morgan fingerprint density at radius 3 is 2.62 bits per heavy atom. The van der Waals surface area contributed by atoms with Crippen LogP contribution in [-0.2, 0) is 4.74 Å². The Balaban J connectivity index is 2.35. The van der Waals surface area contributed by atoms with Crippen molar-refractivity contribution in [2.45, 2.75) is 12.6 Å². The van der Waals surface area contributed by atoms with E-state index in [4.69, 9.17) is 27.3 Å². The third-order valence-electron chi connectivity index (χ3n) is 2.29. The highest BCUT2D eigenvalue weighted by atomic mass is 35.5. The molecule has 0 saturated heterocycles. The van der Waals surface area contributed by atoms with E-state index in [1.165, 1.54) is 12.1 Å². The molecule has 0 aliphatic rings. The van der Waals surface area contributed by atoms with Gasteiger partial charge in [0.25, 0.3) is 0 Å². The molecule has 9 heteroatoms. The van der Waals surface area contributed by atoms with Crippen molar-refractivity contribution in [3.63, 3.8) is 0 Å². The molecule has 0 amide bonds. The van der Waals surface area contributed by atoms with Crippen LogP contribution in [0.25, 0.3) is 0 Å². The lowest BCUT2D eigenvalue weighted by atomic mass is 10.2. The molecule has 0 aliphatic heterocycles. The topological polar surface area (TPSA) is 77.1 Å². The van der Waals surface area contributed by atoms with Gasteiger partial charge in [0.1, 0.15) is 12.4 Å². The van der Waals surface area contributed by atoms with Crippen LogP contribution in [0.1, 0.15) is 12.0 Å². The van der Waals surface area contributed by atoms with E-state index >= 15 is 0 Å². The fourth-order valence-corrected chi connectivity index (χ4v) is 1.65. The minimum absolute atomic E-state index is 0.0601. The first-order valence-electron chi connectivity index (χ1n) is 5.88. The summed E-state index contributed by atoms with van der Waals surface area (Å²) in [5.41, 5.74) is 5.75. The summed E-state index contributed by atoms with van der Waals surface area (Å²) in [6, 6.07) is 4.52. The van der Waals surface area contributed by atoms with Crippen LogP contribution in [0.3, 0.4) is 0 Å². The predicted octanol–water partition coefficient (Wildman–Crippen LogP) is 2.78. The number of halogens is 4. The first-order valence-corrected chi connectivity index (χ1v) is 6.26. The van der Waals surface area contributed by atoms with E-state index in [0.717, 1.165) is 0 Å². The molecule has 0 fully saturated rings. The summed E-state index contributed by atoms with van der Waals surface area (Å²) in [6.07, 6.45) is -4.02. The molecule has 0 atom stereocenters. The van der Waals surface area contributed by atoms with Gasteiger partial charge >= 0.3 is 6.18 Å². The Bertz CT molecular complexity index is 495. The summed E-state index contributed by atoms with van der Waals surface area (Å²) in [6.45, 7) is -1.15. The Hall–Kier alpha value is -1.67. The maximum Gasteiger partial charge on any atom is 0.411 e. The van der Waals surface area contributed by atoms with Crippen LogP contribution in [-0.4, -0.2) is 37.0 Å². The standard InChI is InChI=1S/C12H14ClF3N2O3/c13-10-6-8(2-3-9(10)11(17)18-19)21-5-1-4-20-7-12(14,15)16/h2-3,6,19H,1,4-5,7H2,(H2,17,18). The van der Waals surface area contributed by atoms with Gasteiger partial charge in [0, 0.05) is 12.0 Å². The predicted molar refractivity (Wildman–Crippen MR) is 70.9 cm³/mol. The average Bonchev–Trinajstić information content (AvgIpc) is 2.41. The van der Waals surface area contributed by atoms with Crippen molar-refractivity contribution in [2.75, 3.05) is 19.8 Å². The van der Waals surface area contributed by atoms with Gasteiger partial charge in [0.05, 0.1) is 18.2 Å². The molecule has 0 saturated carbocycles. The monoisotopic (exact) mass is 326 g/mol. The third-order valence-corrected chi connectivity index (χ3v) is 2.60. The highest BCUT2D eigenvalue weighted by Gasteiger charge is 2.27. The van der Waals surface area contributed by atoms with E-state index in [-0.39, 0.29) is 24.1 Å². The molecular weight excluding hydrogens is 313 g/mol. The van der Waals surface area contributed by atoms with Crippen molar-refractivity contribution in [3.05, 3.63) is 28.8 Å². The molecule has 1 aromatic rings. The second-order valence-electron chi connectivity index (χ2n) is 4.00. The first kappa shape index (κ1) is 17.4. The van der Waals surface area contributed by atoms with Crippen molar-refractivity contribution in [1.29, 1.82) is 0 Å². The van der Waals surface area contributed by atoms with Gasteiger partial charge in [-0.2, -0.15) is 13.2 Å². The number of nitrogens with zero attached hydrogens (tertiary/aromatic N) is 1. The van der Waals surface area contributed by atoms with Crippen LogP contribution in [0.2, 0.25) is 5.02 Å². The van der Waals surface area contributed by atoms with Crippen molar-refractivity contribution in [1.82, 2.24) is 0 Å². The zero-order valence-electron chi connectivity index (χ0n) is 10.9. The zero-order valence-corrected chi connectivity index (χ0v) is 11.6. The zero-order chi connectivity index (χ0) is 15.9. The van der Waals surface area contributed by atoms with E-state index in [0.29, 0.717) is 17.7 Å². The molecule has 0 heterocycles. The molecule has 0 spiro atoms. The van der Waals surface area contributed by atoms with Gasteiger partial charge in [-0.05, 0) is 18.2 Å².